The van der Waals surface area contributed by atoms with E-state index < -0.39 is 11.9 Å². The van der Waals surface area contributed by atoms with Gasteiger partial charge in [-0.1, -0.05) is 23.2 Å². The Bertz CT molecular complexity index is 827. The van der Waals surface area contributed by atoms with Gasteiger partial charge in [-0.2, -0.15) is 13.2 Å². The SMILES string of the molecule is FC(F)(F)c1cn(Cc2ncc(Cl)cn2)c(-c2cc(Cl)cs2)n1. The predicted molar refractivity (Wildman–Crippen MR) is 81.7 cm³/mol. The first kappa shape index (κ1) is 16.2. The third-order valence-corrected chi connectivity index (χ3v) is 4.31. The molecular formula is C13H7Cl2F3N4S. The third kappa shape index (κ3) is 3.65. The average molecular weight is 379 g/mol. The minimum atomic E-state index is -4.54. The van der Waals surface area contributed by atoms with Gasteiger partial charge in [0.2, 0.25) is 0 Å². The number of hydrogen-bond acceptors (Lipinski definition) is 4. The van der Waals surface area contributed by atoms with Crippen LogP contribution in [-0.4, -0.2) is 19.5 Å². The molecule has 0 saturated carbocycles. The summed E-state index contributed by atoms with van der Waals surface area (Å²) >= 11 is 12.8. The van der Waals surface area contributed by atoms with E-state index in [-0.39, 0.29) is 12.4 Å². The van der Waals surface area contributed by atoms with Gasteiger partial charge in [-0.25, -0.2) is 15.0 Å². The van der Waals surface area contributed by atoms with Crippen molar-refractivity contribution in [3.63, 3.8) is 0 Å². The Balaban J connectivity index is 2.03. The number of alkyl halides is 3. The lowest BCUT2D eigenvalue weighted by Crippen LogP contribution is -2.06. The van der Waals surface area contributed by atoms with Gasteiger partial charge in [0.15, 0.2) is 11.5 Å². The molecule has 0 spiro atoms. The maximum absolute atomic E-state index is 12.9. The van der Waals surface area contributed by atoms with Gasteiger partial charge in [0.25, 0.3) is 0 Å². The van der Waals surface area contributed by atoms with E-state index in [0.717, 1.165) is 6.20 Å². The van der Waals surface area contributed by atoms with E-state index in [2.05, 4.69) is 15.0 Å². The summed E-state index contributed by atoms with van der Waals surface area (Å²) in [5.74, 6) is 0.484. The minimum absolute atomic E-state index is 0.0328. The van der Waals surface area contributed by atoms with Crippen LogP contribution in [0, 0.1) is 0 Å². The molecular weight excluding hydrogens is 372 g/mol. The molecule has 0 unspecified atom stereocenters. The smallest absolute Gasteiger partial charge is 0.322 e. The monoisotopic (exact) mass is 378 g/mol. The van der Waals surface area contributed by atoms with Crippen LogP contribution in [0.2, 0.25) is 10.0 Å². The van der Waals surface area contributed by atoms with Crippen LogP contribution in [0.4, 0.5) is 13.2 Å². The van der Waals surface area contributed by atoms with Gasteiger partial charge < -0.3 is 4.57 Å². The summed E-state index contributed by atoms with van der Waals surface area (Å²) in [7, 11) is 0. The Labute approximate surface area is 142 Å². The van der Waals surface area contributed by atoms with Crippen LogP contribution in [0.5, 0.6) is 0 Å². The summed E-state index contributed by atoms with van der Waals surface area (Å²) in [5, 5.41) is 2.42. The normalized spacial score (nSPS) is 11.9. The third-order valence-electron chi connectivity index (χ3n) is 2.84. The molecule has 23 heavy (non-hydrogen) atoms. The highest BCUT2D eigenvalue weighted by Crippen LogP contribution is 2.34. The zero-order valence-electron chi connectivity index (χ0n) is 11.2. The second-order valence-corrected chi connectivity index (χ2v) is 6.31. The quantitative estimate of drug-likeness (QED) is 0.658. The number of thiophene rings is 1. The van der Waals surface area contributed by atoms with Gasteiger partial charge in [-0.05, 0) is 6.07 Å². The largest absolute Gasteiger partial charge is 0.434 e. The minimum Gasteiger partial charge on any atom is -0.322 e. The van der Waals surface area contributed by atoms with E-state index in [1.54, 1.807) is 11.4 Å². The number of rotatable bonds is 3. The van der Waals surface area contributed by atoms with E-state index in [4.69, 9.17) is 23.2 Å². The van der Waals surface area contributed by atoms with E-state index in [1.165, 1.54) is 28.3 Å². The van der Waals surface area contributed by atoms with Crippen molar-refractivity contribution < 1.29 is 13.2 Å². The molecule has 0 N–H and O–H groups in total. The van der Waals surface area contributed by atoms with Crippen LogP contribution in [0.15, 0.2) is 30.0 Å². The molecule has 0 aromatic carbocycles. The van der Waals surface area contributed by atoms with Crippen LogP contribution < -0.4 is 0 Å². The van der Waals surface area contributed by atoms with Gasteiger partial charge in [0.1, 0.15) is 5.82 Å². The predicted octanol–water partition coefficient (Wildman–Crippen LogP) is 4.78. The second-order valence-electron chi connectivity index (χ2n) is 4.52. The first-order valence-corrected chi connectivity index (χ1v) is 7.81. The molecule has 0 atom stereocenters. The Kier molecular flexibility index (Phi) is 4.31. The molecule has 0 aliphatic rings. The Morgan fingerprint density at radius 2 is 1.83 bits per heavy atom. The molecule has 3 heterocycles. The molecule has 0 aliphatic carbocycles. The number of aromatic nitrogens is 4. The molecule has 3 aromatic heterocycles. The van der Waals surface area contributed by atoms with Crippen molar-refractivity contribution >= 4 is 34.5 Å². The summed E-state index contributed by atoms with van der Waals surface area (Å²) in [6.45, 7) is 0.0328. The Morgan fingerprint density at radius 3 is 2.39 bits per heavy atom. The topological polar surface area (TPSA) is 43.6 Å². The summed E-state index contributed by atoms with van der Waals surface area (Å²) < 4.78 is 40.2. The number of nitrogens with zero attached hydrogens (tertiary/aromatic N) is 4. The Morgan fingerprint density at radius 1 is 1.13 bits per heavy atom. The standard InChI is InChI=1S/C13H7Cl2F3N4S/c14-7-1-9(23-6-7)12-21-10(13(16,17)18)4-22(12)5-11-19-2-8(15)3-20-11/h1-4,6H,5H2. The van der Waals surface area contributed by atoms with Crippen molar-refractivity contribution in [3.8, 4) is 10.7 Å². The van der Waals surface area contributed by atoms with Crippen molar-refractivity contribution in [2.24, 2.45) is 0 Å². The van der Waals surface area contributed by atoms with Crippen molar-refractivity contribution in [1.29, 1.82) is 0 Å². The molecule has 10 heteroatoms. The number of halogens is 5. The molecule has 120 valence electrons. The molecule has 0 saturated heterocycles. The summed E-state index contributed by atoms with van der Waals surface area (Å²) in [6.07, 6.45) is -0.844. The Hall–Kier alpha value is -1.64. The van der Waals surface area contributed by atoms with Crippen LogP contribution in [-0.2, 0) is 12.7 Å². The fraction of sp³-hybridized carbons (Fsp3) is 0.154. The van der Waals surface area contributed by atoms with Gasteiger partial charge in [-0.15, -0.1) is 11.3 Å². The lowest BCUT2D eigenvalue weighted by Gasteiger charge is -2.05. The van der Waals surface area contributed by atoms with Gasteiger partial charge in [-0.3, -0.25) is 0 Å². The number of hydrogen-bond donors (Lipinski definition) is 0. The summed E-state index contributed by atoms with van der Waals surface area (Å²) in [5.41, 5.74) is -0.981. The van der Waals surface area contributed by atoms with E-state index in [9.17, 15) is 13.2 Å². The maximum atomic E-state index is 12.9. The highest BCUT2D eigenvalue weighted by atomic mass is 35.5. The number of imidazole rings is 1. The lowest BCUT2D eigenvalue weighted by atomic mass is 10.4. The van der Waals surface area contributed by atoms with Gasteiger partial charge in [0, 0.05) is 24.0 Å². The van der Waals surface area contributed by atoms with E-state index in [1.807, 2.05) is 0 Å². The van der Waals surface area contributed by atoms with Gasteiger partial charge >= 0.3 is 6.18 Å². The summed E-state index contributed by atoms with van der Waals surface area (Å²) in [6, 6.07) is 1.56. The zero-order chi connectivity index (χ0) is 16.6. The molecule has 0 amide bonds. The maximum Gasteiger partial charge on any atom is 0.434 e. The highest BCUT2D eigenvalue weighted by Gasteiger charge is 2.35. The van der Waals surface area contributed by atoms with Crippen LogP contribution in [0.3, 0.4) is 0 Å². The van der Waals surface area contributed by atoms with Gasteiger partial charge in [0.05, 0.1) is 21.5 Å². The van der Waals surface area contributed by atoms with Crippen LogP contribution in [0.1, 0.15) is 11.5 Å². The van der Waals surface area contributed by atoms with Crippen molar-refractivity contribution in [1.82, 2.24) is 19.5 Å². The molecule has 4 nitrogen and oxygen atoms in total. The molecule has 0 fully saturated rings. The van der Waals surface area contributed by atoms with Crippen molar-refractivity contribution in [2.75, 3.05) is 0 Å². The average Bonchev–Trinajstić information content (AvgIpc) is 3.07. The highest BCUT2D eigenvalue weighted by molar-refractivity contribution is 7.14. The molecule has 0 aliphatic heterocycles. The molecule has 0 radical (unpaired) electrons. The molecule has 3 aromatic rings. The molecule has 3 rings (SSSR count). The zero-order valence-corrected chi connectivity index (χ0v) is 13.5. The van der Waals surface area contributed by atoms with Crippen molar-refractivity contribution in [2.45, 2.75) is 12.7 Å². The lowest BCUT2D eigenvalue weighted by molar-refractivity contribution is -0.140. The van der Waals surface area contributed by atoms with E-state index in [0.29, 0.717) is 20.7 Å². The second kappa shape index (κ2) is 6.10. The van der Waals surface area contributed by atoms with E-state index >= 15 is 0 Å². The van der Waals surface area contributed by atoms with Crippen LogP contribution >= 0.6 is 34.5 Å². The fourth-order valence-corrected chi connectivity index (χ4v) is 3.05. The molecule has 0 bridgehead atoms. The van der Waals surface area contributed by atoms with Crippen molar-refractivity contribution in [3.05, 3.63) is 51.6 Å². The first-order valence-electron chi connectivity index (χ1n) is 6.18. The van der Waals surface area contributed by atoms with Crippen LogP contribution in [0.25, 0.3) is 10.7 Å². The fourth-order valence-electron chi connectivity index (χ4n) is 1.87. The first-order chi connectivity index (χ1) is 10.8. The summed E-state index contributed by atoms with van der Waals surface area (Å²) in [4.78, 5) is 12.2.